The number of carboxylic acid groups (broad SMARTS) is 1. The van der Waals surface area contributed by atoms with E-state index in [-0.39, 0.29) is 11.4 Å². The largest absolute Gasteiger partial charge is 0.478 e. The van der Waals surface area contributed by atoms with Gasteiger partial charge in [0.15, 0.2) is 0 Å². The Morgan fingerprint density at radius 2 is 1.22 bits per heavy atom. The van der Waals surface area contributed by atoms with Gasteiger partial charge < -0.3 is 19.3 Å². The van der Waals surface area contributed by atoms with Gasteiger partial charge in [-0.25, -0.2) is 9.59 Å². The first-order valence-electron chi connectivity index (χ1n) is 13.1. The highest BCUT2D eigenvalue weighted by Gasteiger charge is 2.38. The summed E-state index contributed by atoms with van der Waals surface area (Å²) >= 11 is 0. The average Bonchev–Trinajstić information content (AvgIpc) is 2.89. The smallest absolute Gasteiger partial charge is 0.350 e. The number of rotatable bonds is 11. The molecule has 1 aliphatic carbocycles. The van der Waals surface area contributed by atoms with Gasteiger partial charge in [0.1, 0.15) is 11.5 Å². The fourth-order valence-electron chi connectivity index (χ4n) is 4.91. The Labute approximate surface area is 215 Å². The van der Waals surface area contributed by atoms with Crippen LogP contribution in [0.5, 0.6) is 11.5 Å². The summed E-state index contributed by atoms with van der Waals surface area (Å²) in [7, 11) is 0. The van der Waals surface area contributed by atoms with Gasteiger partial charge in [-0.1, -0.05) is 57.4 Å². The van der Waals surface area contributed by atoms with Crippen LogP contribution in [-0.2, 0) is 19.7 Å². The van der Waals surface area contributed by atoms with Crippen molar-refractivity contribution in [2.75, 3.05) is 6.61 Å². The first kappa shape index (κ1) is 27.6. The van der Waals surface area contributed by atoms with Crippen LogP contribution in [0.25, 0.3) is 0 Å². The summed E-state index contributed by atoms with van der Waals surface area (Å²) in [4.78, 5) is 24.1. The predicted molar refractivity (Wildman–Crippen MR) is 140 cm³/mol. The zero-order valence-corrected chi connectivity index (χ0v) is 22.3. The molecule has 2 aromatic rings. The van der Waals surface area contributed by atoms with Crippen LogP contribution in [0.2, 0.25) is 0 Å². The summed E-state index contributed by atoms with van der Waals surface area (Å²) in [5.74, 6) is -0.136. The number of carboxylic acids is 1. The Balaban J connectivity index is 1.87. The molecule has 6 nitrogen and oxygen atoms in total. The summed E-state index contributed by atoms with van der Waals surface area (Å²) in [5, 5.41) is 9.55. The van der Waals surface area contributed by atoms with Crippen LogP contribution in [0.3, 0.4) is 0 Å². The van der Waals surface area contributed by atoms with Crippen LogP contribution in [0.1, 0.15) is 90.7 Å². The van der Waals surface area contributed by atoms with Crippen molar-refractivity contribution in [3.63, 3.8) is 0 Å². The van der Waals surface area contributed by atoms with Crippen molar-refractivity contribution in [1.29, 1.82) is 0 Å². The number of aliphatic carboxylic acids is 1. The number of carbonyl (C=O) groups is 2. The first-order chi connectivity index (χ1) is 17.1. The molecule has 0 saturated heterocycles. The molecule has 0 aromatic heterocycles. The van der Waals surface area contributed by atoms with Crippen LogP contribution in [0.15, 0.2) is 48.5 Å². The standard InChI is InChI=1S/C30H40O6/c1-6-28(4,26(31)32)35-24-16-12-22(13-17-24)30(20-10-9-11-21-30)23-14-18-25(19-15-23)36-29(5,7-2)27(33)34-8-3/h12-19H,6-11,20-21H2,1-5H3,(H,31,32). The predicted octanol–water partition coefficient (Wildman–Crippen LogP) is 6.68. The number of hydrogen-bond donors (Lipinski definition) is 1. The Morgan fingerprint density at radius 3 is 1.61 bits per heavy atom. The zero-order valence-electron chi connectivity index (χ0n) is 22.3. The first-order valence-corrected chi connectivity index (χ1v) is 13.1. The number of ether oxygens (including phenoxy) is 3. The average molecular weight is 497 g/mol. The van der Waals surface area contributed by atoms with Crippen LogP contribution < -0.4 is 9.47 Å². The Morgan fingerprint density at radius 1 is 0.778 bits per heavy atom. The van der Waals surface area contributed by atoms with E-state index in [4.69, 9.17) is 14.2 Å². The quantitative estimate of drug-likeness (QED) is 0.350. The van der Waals surface area contributed by atoms with Gasteiger partial charge in [-0.15, -0.1) is 0 Å². The van der Waals surface area contributed by atoms with E-state index in [0.717, 1.165) is 25.7 Å². The molecule has 6 heteroatoms. The van der Waals surface area contributed by atoms with Gasteiger partial charge in [-0.2, -0.15) is 0 Å². The molecule has 0 spiro atoms. The molecule has 0 bridgehead atoms. The van der Waals surface area contributed by atoms with Crippen molar-refractivity contribution >= 4 is 11.9 Å². The summed E-state index contributed by atoms with van der Waals surface area (Å²) in [6, 6.07) is 16.0. The topological polar surface area (TPSA) is 82.1 Å². The normalized spacial score (nSPS) is 18.4. The molecule has 3 rings (SSSR count). The van der Waals surface area contributed by atoms with E-state index in [0.29, 0.717) is 30.9 Å². The SMILES string of the molecule is CCOC(=O)C(C)(CC)Oc1ccc(C2(c3ccc(OC(C)(CC)C(=O)O)cc3)CCCCC2)cc1. The lowest BCUT2D eigenvalue weighted by Crippen LogP contribution is -2.42. The number of hydrogen-bond acceptors (Lipinski definition) is 5. The second-order valence-electron chi connectivity index (χ2n) is 10.1. The second-order valence-corrected chi connectivity index (χ2v) is 10.1. The van der Waals surface area contributed by atoms with Crippen LogP contribution >= 0.6 is 0 Å². The highest BCUT2D eigenvalue weighted by Crippen LogP contribution is 2.45. The van der Waals surface area contributed by atoms with E-state index in [9.17, 15) is 14.7 Å². The van der Waals surface area contributed by atoms with Crippen LogP contribution in [-0.4, -0.2) is 34.9 Å². The van der Waals surface area contributed by atoms with Gasteiger partial charge in [-0.05, 0) is 81.8 Å². The summed E-state index contributed by atoms with van der Waals surface area (Å²) in [5.41, 5.74) is -0.0104. The van der Waals surface area contributed by atoms with E-state index in [1.807, 2.05) is 38.1 Å². The molecule has 0 amide bonds. The summed E-state index contributed by atoms with van der Waals surface area (Å²) in [6.45, 7) is 9.19. The van der Waals surface area contributed by atoms with Crippen molar-refractivity contribution in [2.24, 2.45) is 0 Å². The van der Waals surface area contributed by atoms with Crippen LogP contribution in [0.4, 0.5) is 0 Å². The molecular weight excluding hydrogens is 456 g/mol. The summed E-state index contributed by atoms with van der Waals surface area (Å²) in [6.07, 6.45) is 6.43. The molecule has 1 saturated carbocycles. The van der Waals surface area contributed by atoms with Crippen molar-refractivity contribution in [2.45, 2.75) is 96.2 Å². The molecule has 0 radical (unpaired) electrons. The molecule has 1 aliphatic rings. The fourth-order valence-corrected chi connectivity index (χ4v) is 4.91. The number of benzene rings is 2. The van der Waals surface area contributed by atoms with Gasteiger partial charge in [0.25, 0.3) is 0 Å². The van der Waals surface area contributed by atoms with Crippen LogP contribution in [0, 0.1) is 0 Å². The monoisotopic (exact) mass is 496 g/mol. The maximum atomic E-state index is 12.4. The van der Waals surface area contributed by atoms with E-state index >= 15 is 0 Å². The van der Waals surface area contributed by atoms with Gasteiger partial charge in [-0.3, -0.25) is 0 Å². The molecule has 0 aliphatic heterocycles. The third kappa shape index (κ3) is 5.69. The van der Waals surface area contributed by atoms with Crippen molar-refractivity contribution in [3.05, 3.63) is 59.7 Å². The van der Waals surface area contributed by atoms with E-state index in [1.165, 1.54) is 17.5 Å². The fraction of sp³-hybridized carbons (Fsp3) is 0.533. The lowest BCUT2D eigenvalue weighted by atomic mass is 9.65. The molecule has 196 valence electrons. The summed E-state index contributed by atoms with van der Waals surface area (Å²) < 4.78 is 17.2. The van der Waals surface area contributed by atoms with Crippen molar-refractivity contribution in [1.82, 2.24) is 0 Å². The lowest BCUT2D eigenvalue weighted by molar-refractivity contribution is -0.160. The third-order valence-corrected chi connectivity index (χ3v) is 7.72. The van der Waals surface area contributed by atoms with Gasteiger partial charge in [0, 0.05) is 5.41 Å². The molecule has 2 unspecified atom stereocenters. The molecule has 2 atom stereocenters. The minimum atomic E-state index is -1.25. The molecular formula is C30H40O6. The molecule has 1 N–H and O–H groups in total. The third-order valence-electron chi connectivity index (χ3n) is 7.72. The van der Waals surface area contributed by atoms with Gasteiger partial charge in [0.05, 0.1) is 6.61 Å². The maximum absolute atomic E-state index is 12.4. The van der Waals surface area contributed by atoms with E-state index in [2.05, 4.69) is 24.3 Å². The van der Waals surface area contributed by atoms with Gasteiger partial charge in [0.2, 0.25) is 11.2 Å². The van der Waals surface area contributed by atoms with Gasteiger partial charge >= 0.3 is 11.9 Å². The molecule has 0 heterocycles. The molecule has 1 fully saturated rings. The van der Waals surface area contributed by atoms with Crippen molar-refractivity contribution < 1.29 is 28.9 Å². The van der Waals surface area contributed by atoms with E-state index < -0.39 is 17.2 Å². The minimum Gasteiger partial charge on any atom is -0.478 e. The number of carbonyl (C=O) groups excluding carboxylic acids is 1. The highest BCUT2D eigenvalue weighted by molar-refractivity contribution is 5.79. The highest BCUT2D eigenvalue weighted by atomic mass is 16.6. The second kappa shape index (κ2) is 11.4. The minimum absolute atomic E-state index is 0.134. The van der Waals surface area contributed by atoms with Crippen molar-refractivity contribution in [3.8, 4) is 11.5 Å². The Hall–Kier alpha value is -3.02. The molecule has 36 heavy (non-hydrogen) atoms. The Bertz CT molecular complexity index is 1020. The molecule has 2 aromatic carbocycles. The number of esters is 1. The zero-order chi connectivity index (χ0) is 26.4. The maximum Gasteiger partial charge on any atom is 0.350 e. The lowest BCUT2D eigenvalue weighted by Gasteiger charge is -2.39. The Kier molecular flexibility index (Phi) is 8.70. The van der Waals surface area contributed by atoms with E-state index in [1.54, 1.807) is 20.8 Å².